The molecule has 1 N–H and O–H groups in total. The molecule has 0 saturated carbocycles. The summed E-state index contributed by atoms with van der Waals surface area (Å²) in [6.45, 7) is 1.86. The second kappa shape index (κ2) is 2.36. The van der Waals surface area contributed by atoms with Gasteiger partial charge in [-0.1, -0.05) is 6.07 Å². The lowest BCUT2D eigenvalue weighted by atomic mass is 10.2. The van der Waals surface area contributed by atoms with Gasteiger partial charge in [-0.3, -0.25) is 0 Å². The minimum atomic E-state index is -0.00639. The van der Waals surface area contributed by atoms with Crippen molar-refractivity contribution in [1.29, 1.82) is 5.39 Å². The van der Waals surface area contributed by atoms with E-state index in [1.807, 2.05) is 6.92 Å². The quantitative estimate of drug-likeness (QED) is 0.559. The summed E-state index contributed by atoms with van der Waals surface area (Å²) in [6, 6.07) is 4.82. The van der Waals surface area contributed by atoms with Crippen LogP contribution in [-0.4, -0.2) is 5.11 Å². The average Bonchev–Trinajstić information content (AvgIpc) is 1.94. The standard InChI is InChI=1S/C7H6N2O.H2/c1-5-2-3-7(10)6(4-5)9-8;/h2-4H,1H3;1H/p+1/i;1+1. The molecule has 0 radical (unpaired) electrons. The fourth-order valence-electron chi connectivity index (χ4n) is 0.714. The molecule has 0 heterocycles. The zero-order valence-electron chi connectivity index (χ0n) is 5.57. The fourth-order valence-corrected chi connectivity index (χ4v) is 0.714. The van der Waals surface area contributed by atoms with Crippen molar-refractivity contribution < 1.29 is 6.53 Å². The van der Waals surface area contributed by atoms with E-state index in [0.717, 1.165) is 5.56 Å². The molecule has 0 aliphatic rings. The Morgan fingerprint density at radius 3 is 2.80 bits per heavy atom. The lowest BCUT2D eigenvalue weighted by Crippen LogP contribution is -1.69. The summed E-state index contributed by atoms with van der Waals surface area (Å²) in [5.74, 6) is -0.00639. The van der Waals surface area contributed by atoms with Crippen LogP contribution in [0.3, 0.4) is 0 Å². The highest BCUT2D eigenvalue weighted by Crippen LogP contribution is 2.26. The number of benzene rings is 1. The smallest absolute Gasteiger partial charge is 0.426 e. The van der Waals surface area contributed by atoms with Gasteiger partial charge in [0.05, 0.1) is 0 Å². The zero-order chi connectivity index (χ0) is 7.56. The van der Waals surface area contributed by atoms with Gasteiger partial charge < -0.3 is 5.11 Å². The molecule has 0 spiro atoms. The Balaban J connectivity index is 0.000001000. The van der Waals surface area contributed by atoms with E-state index >= 15 is 0 Å². The number of phenolic OH excluding ortho intramolecular Hbond substituents is 1. The Labute approximate surface area is 60.0 Å². The van der Waals surface area contributed by atoms with E-state index in [4.69, 9.17) is 10.5 Å². The van der Waals surface area contributed by atoms with Gasteiger partial charge in [0.25, 0.3) is 0 Å². The number of rotatable bonds is 0. The van der Waals surface area contributed by atoms with E-state index in [0.29, 0.717) is 0 Å². The maximum absolute atomic E-state index is 8.98. The van der Waals surface area contributed by atoms with Crippen LogP contribution in [0.5, 0.6) is 5.75 Å². The van der Waals surface area contributed by atoms with Gasteiger partial charge >= 0.3 is 5.69 Å². The largest absolute Gasteiger partial charge is 0.501 e. The van der Waals surface area contributed by atoms with Gasteiger partial charge in [0, 0.05) is 7.49 Å². The molecule has 0 atom stereocenters. The van der Waals surface area contributed by atoms with Crippen LogP contribution < -0.4 is 0 Å². The molecule has 1 aromatic carbocycles. The van der Waals surface area contributed by atoms with Crippen LogP contribution >= 0.6 is 0 Å². The van der Waals surface area contributed by atoms with Gasteiger partial charge in [0.15, 0.2) is 4.98 Å². The average molecular weight is 138 g/mol. The zero-order valence-corrected chi connectivity index (χ0v) is 5.57. The third-order valence-electron chi connectivity index (χ3n) is 1.24. The molecule has 0 bridgehead atoms. The lowest BCUT2D eigenvalue weighted by molar-refractivity contribution is 0.478. The number of aryl methyl sites for hydroxylation is 1. The molecule has 3 heteroatoms. The molecular formula is C7H9N2O+. The molecule has 1 aromatic rings. The second-order valence-electron chi connectivity index (χ2n) is 2.09. The van der Waals surface area contributed by atoms with E-state index < -0.39 is 0 Å². The maximum Gasteiger partial charge on any atom is 0.426 e. The number of nitrogens with zero attached hydrogens (tertiary/aromatic N) is 2. The number of diazo groups is 1. The van der Waals surface area contributed by atoms with E-state index in [2.05, 4.69) is 4.98 Å². The van der Waals surface area contributed by atoms with Crippen molar-refractivity contribution in [2.45, 2.75) is 6.92 Å². The number of hydrogen-bond donors (Lipinski definition) is 1. The molecule has 0 amide bonds. The summed E-state index contributed by atoms with van der Waals surface area (Å²) in [5, 5.41) is 17.3. The van der Waals surface area contributed by atoms with E-state index in [1.165, 1.54) is 6.07 Å². The number of hydrogen-bond acceptors (Lipinski definition) is 2. The van der Waals surface area contributed by atoms with Crippen LogP contribution in [0.15, 0.2) is 18.2 Å². The molecule has 0 aliphatic carbocycles. The predicted molar refractivity (Wildman–Crippen MR) is 39.7 cm³/mol. The van der Waals surface area contributed by atoms with Crippen LogP contribution in [0.1, 0.15) is 6.99 Å². The molecule has 52 valence electrons. The first-order valence-corrected chi connectivity index (χ1v) is 2.89. The predicted octanol–water partition coefficient (Wildman–Crippen LogP) is 2.43. The van der Waals surface area contributed by atoms with Crippen molar-refractivity contribution >= 4 is 5.69 Å². The van der Waals surface area contributed by atoms with Crippen LogP contribution in [0, 0.1) is 12.3 Å². The molecular weight excluding hydrogens is 128 g/mol. The Bertz CT molecular complexity index is 293. The van der Waals surface area contributed by atoms with Crippen LogP contribution in [-0.2, 0) is 0 Å². The third-order valence-corrected chi connectivity index (χ3v) is 1.24. The summed E-state index contributed by atoms with van der Waals surface area (Å²) in [5.41, 5.74) is 1.16. The first-order valence-electron chi connectivity index (χ1n) is 2.89. The summed E-state index contributed by atoms with van der Waals surface area (Å²) >= 11 is 0. The van der Waals surface area contributed by atoms with Crippen LogP contribution in [0.25, 0.3) is 4.98 Å². The third kappa shape index (κ3) is 1.06. The van der Waals surface area contributed by atoms with Crippen LogP contribution in [0.4, 0.5) is 5.69 Å². The summed E-state index contributed by atoms with van der Waals surface area (Å²) < 4.78 is 0. The van der Waals surface area contributed by atoms with Crippen LogP contribution in [0.2, 0.25) is 0 Å². The Hall–Kier alpha value is -1.56. The molecule has 3 nitrogen and oxygen atoms in total. The van der Waals surface area contributed by atoms with E-state index in [-0.39, 0.29) is 12.9 Å². The molecule has 1 rings (SSSR count). The second-order valence-corrected chi connectivity index (χ2v) is 2.09. The first-order chi connectivity index (χ1) is 4.74. The minimum absolute atomic E-state index is 0. The first kappa shape index (κ1) is 6.56. The van der Waals surface area contributed by atoms with Gasteiger partial charge in [0.2, 0.25) is 11.1 Å². The minimum Gasteiger partial charge on any atom is -0.501 e. The topological polar surface area (TPSA) is 48.4 Å². The molecule has 10 heavy (non-hydrogen) atoms. The van der Waals surface area contributed by atoms with Crippen molar-refractivity contribution in [3.8, 4) is 5.75 Å². The van der Waals surface area contributed by atoms with Gasteiger partial charge in [-0.05, 0) is 18.6 Å². The van der Waals surface area contributed by atoms with Gasteiger partial charge in [-0.25, -0.2) is 0 Å². The summed E-state index contributed by atoms with van der Waals surface area (Å²) in [4.78, 5) is 2.88. The van der Waals surface area contributed by atoms with Crippen molar-refractivity contribution in [2.75, 3.05) is 0 Å². The van der Waals surface area contributed by atoms with Gasteiger partial charge in [-0.15, -0.1) is 0 Å². The van der Waals surface area contributed by atoms with Crippen molar-refractivity contribution in [2.24, 2.45) is 0 Å². The Morgan fingerprint density at radius 2 is 2.30 bits per heavy atom. The van der Waals surface area contributed by atoms with E-state index in [1.54, 1.807) is 12.1 Å². The highest BCUT2D eigenvalue weighted by Gasteiger charge is 2.10. The van der Waals surface area contributed by atoms with Crippen molar-refractivity contribution in [3.63, 3.8) is 0 Å². The summed E-state index contributed by atoms with van der Waals surface area (Å²) in [6.07, 6.45) is 0. The fraction of sp³-hybridized carbons (Fsp3) is 0.143. The normalized spacial score (nSPS) is 8.80. The Kier molecular flexibility index (Phi) is 1.55. The molecule has 0 aliphatic heterocycles. The Morgan fingerprint density at radius 1 is 1.60 bits per heavy atom. The van der Waals surface area contributed by atoms with Gasteiger partial charge in [0.1, 0.15) is 0 Å². The monoisotopic (exact) mass is 138 g/mol. The SMILES string of the molecule is Cc1ccc(O)c([N+]#N)c1.[2HH]. The number of phenols is 1. The molecule has 0 aromatic heterocycles. The van der Waals surface area contributed by atoms with Gasteiger partial charge in [-0.2, -0.15) is 0 Å². The highest BCUT2D eigenvalue weighted by molar-refractivity contribution is 5.57. The maximum atomic E-state index is 8.98. The van der Waals surface area contributed by atoms with Crippen molar-refractivity contribution in [3.05, 3.63) is 28.7 Å². The molecule has 0 unspecified atom stereocenters. The van der Waals surface area contributed by atoms with Crippen molar-refractivity contribution in [1.82, 2.24) is 0 Å². The van der Waals surface area contributed by atoms with E-state index in [9.17, 15) is 0 Å². The molecule has 0 saturated heterocycles. The highest BCUT2D eigenvalue weighted by atomic mass is 16.3. The summed E-state index contributed by atoms with van der Waals surface area (Å²) in [7, 11) is 0. The number of aromatic hydroxyl groups is 1. The lowest BCUT2D eigenvalue weighted by Gasteiger charge is -1.87. The molecule has 0 fully saturated rings.